The molecule has 1 fully saturated rings. The van der Waals surface area contributed by atoms with Crippen LogP contribution in [0, 0.1) is 5.92 Å². The minimum Gasteiger partial charge on any atom is -0.356 e. The molecule has 0 amide bonds. The Morgan fingerprint density at radius 3 is 2.58 bits per heavy atom. The summed E-state index contributed by atoms with van der Waals surface area (Å²) in [6.07, 6.45) is 2.84. The van der Waals surface area contributed by atoms with Crippen LogP contribution in [-0.2, 0) is 9.84 Å². The summed E-state index contributed by atoms with van der Waals surface area (Å²) >= 11 is 1.80. The van der Waals surface area contributed by atoms with Gasteiger partial charge >= 0.3 is 0 Å². The minimum atomic E-state index is -2.79. The first-order valence-corrected chi connectivity index (χ1v) is 9.53. The predicted molar refractivity (Wildman–Crippen MR) is 83.7 cm³/mol. The predicted octanol–water partition coefficient (Wildman–Crippen LogP) is 0.728. The van der Waals surface area contributed by atoms with Crippen LogP contribution < -0.4 is 10.6 Å². The zero-order chi connectivity index (χ0) is 14.5. The minimum absolute atomic E-state index is 0.147. The summed E-state index contributed by atoms with van der Waals surface area (Å²) in [4.78, 5) is 4.16. The standard InChI is InChI=1S/C12H25N3O2S2/c1-12(2,18-4)9-15-11(13-3)14-7-10-5-6-19(16,17)8-10/h10H,5-9H2,1-4H3,(H2,13,14,15). The molecular formula is C12H25N3O2S2. The molecule has 0 radical (unpaired) electrons. The van der Waals surface area contributed by atoms with Crippen LogP contribution in [-0.4, -0.2) is 57.0 Å². The molecule has 19 heavy (non-hydrogen) atoms. The first-order valence-electron chi connectivity index (χ1n) is 6.48. The number of aliphatic imine (C=N–C) groups is 1. The van der Waals surface area contributed by atoms with Gasteiger partial charge in [0.2, 0.25) is 0 Å². The Morgan fingerprint density at radius 1 is 1.42 bits per heavy atom. The second-order valence-electron chi connectivity index (χ2n) is 5.54. The van der Waals surface area contributed by atoms with Crippen molar-refractivity contribution in [1.82, 2.24) is 10.6 Å². The summed E-state index contributed by atoms with van der Waals surface area (Å²) in [5.74, 6) is 1.57. The number of nitrogens with zero attached hydrogens (tertiary/aromatic N) is 1. The zero-order valence-corrected chi connectivity index (χ0v) is 13.8. The largest absolute Gasteiger partial charge is 0.356 e. The van der Waals surface area contributed by atoms with Crippen molar-refractivity contribution >= 4 is 27.6 Å². The molecule has 2 N–H and O–H groups in total. The number of guanidine groups is 1. The first kappa shape index (κ1) is 16.6. The molecule has 0 aromatic rings. The lowest BCUT2D eigenvalue weighted by Gasteiger charge is -2.24. The third kappa shape index (κ3) is 6.03. The van der Waals surface area contributed by atoms with Crippen molar-refractivity contribution < 1.29 is 8.42 Å². The van der Waals surface area contributed by atoms with E-state index in [1.54, 1.807) is 18.8 Å². The summed E-state index contributed by atoms with van der Waals surface area (Å²) in [7, 11) is -1.06. The van der Waals surface area contributed by atoms with Crippen LogP contribution in [0.1, 0.15) is 20.3 Å². The highest BCUT2D eigenvalue weighted by Gasteiger charge is 2.27. The second kappa shape index (κ2) is 6.83. The Kier molecular flexibility index (Phi) is 5.98. The van der Waals surface area contributed by atoms with E-state index in [0.29, 0.717) is 18.1 Å². The van der Waals surface area contributed by atoms with Gasteiger partial charge in [0, 0.05) is 24.9 Å². The maximum Gasteiger partial charge on any atom is 0.191 e. The van der Waals surface area contributed by atoms with E-state index < -0.39 is 9.84 Å². The van der Waals surface area contributed by atoms with Crippen molar-refractivity contribution in [2.45, 2.75) is 25.0 Å². The van der Waals surface area contributed by atoms with E-state index in [-0.39, 0.29) is 10.7 Å². The van der Waals surface area contributed by atoms with E-state index >= 15 is 0 Å². The quantitative estimate of drug-likeness (QED) is 0.579. The summed E-state index contributed by atoms with van der Waals surface area (Å²) in [5.41, 5.74) is 0. The Bertz CT molecular complexity index is 419. The van der Waals surface area contributed by atoms with Crippen LogP contribution in [0.5, 0.6) is 0 Å². The number of hydrogen-bond acceptors (Lipinski definition) is 4. The molecule has 1 saturated heterocycles. The summed E-state index contributed by atoms with van der Waals surface area (Å²) < 4.78 is 22.9. The number of hydrogen-bond donors (Lipinski definition) is 2. The van der Waals surface area contributed by atoms with Gasteiger partial charge in [0.05, 0.1) is 11.5 Å². The number of nitrogens with one attached hydrogen (secondary N) is 2. The molecular weight excluding hydrogens is 282 g/mol. The highest BCUT2D eigenvalue weighted by Crippen LogP contribution is 2.19. The maximum atomic E-state index is 11.4. The van der Waals surface area contributed by atoms with E-state index in [1.807, 2.05) is 0 Å². The van der Waals surface area contributed by atoms with Crippen molar-refractivity contribution in [2.75, 3.05) is 37.9 Å². The van der Waals surface area contributed by atoms with Gasteiger partial charge in [-0.1, -0.05) is 0 Å². The monoisotopic (exact) mass is 307 g/mol. The number of thioether (sulfide) groups is 1. The van der Waals surface area contributed by atoms with Gasteiger partial charge in [0.25, 0.3) is 0 Å². The van der Waals surface area contributed by atoms with E-state index in [4.69, 9.17) is 0 Å². The van der Waals surface area contributed by atoms with Crippen molar-refractivity contribution in [3.63, 3.8) is 0 Å². The van der Waals surface area contributed by atoms with Crippen LogP contribution in [0.3, 0.4) is 0 Å². The molecule has 0 aromatic carbocycles. The van der Waals surface area contributed by atoms with Crippen LogP contribution in [0.2, 0.25) is 0 Å². The van der Waals surface area contributed by atoms with Gasteiger partial charge in [-0.15, -0.1) is 0 Å². The molecule has 112 valence electrons. The lowest BCUT2D eigenvalue weighted by molar-refractivity contribution is 0.564. The van der Waals surface area contributed by atoms with Crippen LogP contribution in [0.25, 0.3) is 0 Å². The zero-order valence-electron chi connectivity index (χ0n) is 12.2. The molecule has 0 aromatic heterocycles. The SMILES string of the molecule is CN=C(NCC1CCS(=O)(=O)C1)NCC(C)(C)SC. The van der Waals surface area contributed by atoms with E-state index in [9.17, 15) is 8.42 Å². The van der Waals surface area contributed by atoms with E-state index in [2.05, 4.69) is 35.7 Å². The number of rotatable bonds is 5. The molecule has 1 unspecified atom stereocenters. The van der Waals surface area contributed by atoms with Crippen LogP contribution in [0.15, 0.2) is 4.99 Å². The Labute approximate surface area is 120 Å². The fourth-order valence-corrected chi connectivity index (χ4v) is 3.94. The fourth-order valence-electron chi connectivity index (χ4n) is 1.86. The Morgan fingerprint density at radius 2 is 2.11 bits per heavy atom. The van der Waals surface area contributed by atoms with Gasteiger partial charge in [0.1, 0.15) is 0 Å². The highest BCUT2D eigenvalue weighted by molar-refractivity contribution is 7.99. The second-order valence-corrected chi connectivity index (χ2v) is 9.28. The third-order valence-electron chi connectivity index (χ3n) is 3.34. The molecule has 0 aliphatic carbocycles. The molecule has 7 heteroatoms. The van der Waals surface area contributed by atoms with Gasteiger partial charge < -0.3 is 10.6 Å². The summed E-state index contributed by atoms with van der Waals surface area (Å²) in [6, 6.07) is 0. The summed E-state index contributed by atoms with van der Waals surface area (Å²) in [6.45, 7) is 5.82. The molecule has 5 nitrogen and oxygen atoms in total. The van der Waals surface area contributed by atoms with E-state index in [0.717, 1.165) is 18.9 Å². The van der Waals surface area contributed by atoms with Crippen molar-refractivity contribution in [2.24, 2.45) is 10.9 Å². The lowest BCUT2D eigenvalue weighted by Crippen LogP contribution is -2.44. The van der Waals surface area contributed by atoms with Gasteiger partial charge in [0.15, 0.2) is 15.8 Å². The highest BCUT2D eigenvalue weighted by atomic mass is 32.2. The average Bonchev–Trinajstić information content (AvgIpc) is 2.69. The molecule has 0 spiro atoms. The Balaban J connectivity index is 2.34. The topological polar surface area (TPSA) is 70.6 Å². The smallest absolute Gasteiger partial charge is 0.191 e. The van der Waals surface area contributed by atoms with Gasteiger partial charge in [-0.2, -0.15) is 11.8 Å². The van der Waals surface area contributed by atoms with Gasteiger partial charge in [-0.05, 0) is 32.4 Å². The molecule has 1 atom stereocenters. The summed E-state index contributed by atoms with van der Waals surface area (Å²) in [5, 5.41) is 6.48. The van der Waals surface area contributed by atoms with E-state index in [1.165, 1.54) is 0 Å². The van der Waals surface area contributed by atoms with Crippen molar-refractivity contribution in [1.29, 1.82) is 0 Å². The van der Waals surface area contributed by atoms with Crippen LogP contribution >= 0.6 is 11.8 Å². The molecule has 0 bridgehead atoms. The first-order chi connectivity index (χ1) is 8.78. The van der Waals surface area contributed by atoms with Crippen molar-refractivity contribution in [3.05, 3.63) is 0 Å². The molecule has 0 saturated carbocycles. The average molecular weight is 307 g/mol. The van der Waals surface area contributed by atoms with Gasteiger partial charge in [-0.3, -0.25) is 4.99 Å². The molecule has 1 aliphatic rings. The van der Waals surface area contributed by atoms with Gasteiger partial charge in [-0.25, -0.2) is 8.42 Å². The van der Waals surface area contributed by atoms with Crippen molar-refractivity contribution in [3.8, 4) is 0 Å². The molecule has 1 heterocycles. The molecule has 1 aliphatic heterocycles. The maximum absolute atomic E-state index is 11.4. The lowest BCUT2D eigenvalue weighted by atomic mass is 10.1. The molecule has 1 rings (SSSR count). The number of sulfone groups is 1. The van der Waals surface area contributed by atoms with Crippen LogP contribution in [0.4, 0.5) is 0 Å². The Hall–Kier alpha value is -0.430. The normalized spacial score (nSPS) is 23.4. The third-order valence-corrected chi connectivity index (χ3v) is 6.43. The fraction of sp³-hybridized carbons (Fsp3) is 0.917.